The van der Waals surface area contributed by atoms with Crippen LogP contribution in [-0.2, 0) is 6.42 Å². The van der Waals surface area contributed by atoms with Gasteiger partial charge in [0.15, 0.2) is 0 Å². The predicted molar refractivity (Wildman–Crippen MR) is 70.9 cm³/mol. The first-order chi connectivity index (χ1) is 8.70. The van der Waals surface area contributed by atoms with Gasteiger partial charge in [0.25, 0.3) is 0 Å². The van der Waals surface area contributed by atoms with Gasteiger partial charge in [-0.05, 0) is 25.5 Å². The van der Waals surface area contributed by atoms with Crippen LogP contribution in [0.5, 0.6) is 0 Å². The van der Waals surface area contributed by atoms with Gasteiger partial charge in [0.1, 0.15) is 5.82 Å². The molecule has 2 rings (SSSR count). The van der Waals surface area contributed by atoms with E-state index in [1.807, 2.05) is 6.07 Å². The first kappa shape index (κ1) is 12.3. The molecule has 0 spiro atoms. The van der Waals surface area contributed by atoms with E-state index < -0.39 is 0 Å². The van der Waals surface area contributed by atoms with Crippen molar-refractivity contribution in [1.29, 1.82) is 5.26 Å². The standard InChI is InChI=1S/C15H15N3/c1-11-5-6-13(12(2)10-11)14-7-9-17-15(18-14)4-3-8-16/h5-7,9-10H,3-4H2,1-2H3. The number of hydrogen-bond donors (Lipinski definition) is 0. The highest BCUT2D eigenvalue weighted by Crippen LogP contribution is 2.22. The van der Waals surface area contributed by atoms with Gasteiger partial charge in [-0.25, -0.2) is 9.97 Å². The summed E-state index contributed by atoms with van der Waals surface area (Å²) < 4.78 is 0. The summed E-state index contributed by atoms with van der Waals surface area (Å²) in [7, 11) is 0. The molecule has 18 heavy (non-hydrogen) atoms. The molecular formula is C15H15N3. The van der Waals surface area contributed by atoms with Gasteiger partial charge in [0.2, 0.25) is 0 Å². The lowest BCUT2D eigenvalue weighted by Crippen LogP contribution is -1.97. The minimum absolute atomic E-state index is 0.455. The molecule has 0 aliphatic heterocycles. The molecule has 0 bridgehead atoms. The van der Waals surface area contributed by atoms with Crippen LogP contribution in [0.4, 0.5) is 0 Å². The SMILES string of the molecule is Cc1ccc(-c2ccnc(CCC#N)n2)c(C)c1. The number of nitrogens with zero attached hydrogens (tertiary/aromatic N) is 3. The zero-order chi connectivity index (χ0) is 13.0. The van der Waals surface area contributed by atoms with E-state index in [2.05, 4.69) is 48.1 Å². The quantitative estimate of drug-likeness (QED) is 0.823. The van der Waals surface area contributed by atoms with Crippen molar-refractivity contribution in [2.24, 2.45) is 0 Å². The van der Waals surface area contributed by atoms with Crippen LogP contribution in [0, 0.1) is 25.2 Å². The molecule has 90 valence electrons. The molecular weight excluding hydrogens is 222 g/mol. The zero-order valence-corrected chi connectivity index (χ0v) is 10.6. The van der Waals surface area contributed by atoms with Crippen molar-refractivity contribution in [1.82, 2.24) is 9.97 Å². The Morgan fingerprint density at radius 3 is 2.78 bits per heavy atom. The second-order valence-corrected chi connectivity index (χ2v) is 4.33. The van der Waals surface area contributed by atoms with Crippen LogP contribution >= 0.6 is 0 Å². The predicted octanol–water partition coefficient (Wildman–Crippen LogP) is 3.22. The average molecular weight is 237 g/mol. The first-order valence-electron chi connectivity index (χ1n) is 5.97. The van der Waals surface area contributed by atoms with E-state index in [1.165, 1.54) is 11.1 Å². The molecule has 2 aromatic rings. The summed E-state index contributed by atoms with van der Waals surface area (Å²) in [5.74, 6) is 0.731. The van der Waals surface area contributed by atoms with Crippen LogP contribution < -0.4 is 0 Å². The Labute approximate surface area is 107 Å². The van der Waals surface area contributed by atoms with Crippen molar-refractivity contribution in [2.75, 3.05) is 0 Å². The maximum atomic E-state index is 8.58. The molecule has 0 saturated carbocycles. The van der Waals surface area contributed by atoms with Crippen molar-refractivity contribution in [3.63, 3.8) is 0 Å². The molecule has 1 aromatic heterocycles. The van der Waals surface area contributed by atoms with E-state index in [0.717, 1.165) is 17.1 Å². The van der Waals surface area contributed by atoms with E-state index in [4.69, 9.17) is 5.26 Å². The fourth-order valence-corrected chi connectivity index (χ4v) is 1.94. The third kappa shape index (κ3) is 2.72. The topological polar surface area (TPSA) is 49.6 Å². The fraction of sp³-hybridized carbons (Fsp3) is 0.267. The Hall–Kier alpha value is -2.21. The van der Waals surface area contributed by atoms with Gasteiger partial charge in [-0.15, -0.1) is 0 Å². The maximum Gasteiger partial charge on any atom is 0.129 e. The normalized spacial score (nSPS) is 10.1. The minimum Gasteiger partial charge on any atom is -0.241 e. The molecule has 0 aliphatic carbocycles. The van der Waals surface area contributed by atoms with Crippen molar-refractivity contribution in [3.05, 3.63) is 47.4 Å². The number of aryl methyl sites for hydroxylation is 3. The first-order valence-corrected chi connectivity index (χ1v) is 5.97. The lowest BCUT2D eigenvalue weighted by atomic mass is 10.0. The van der Waals surface area contributed by atoms with E-state index in [0.29, 0.717) is 12.8 Å². The van der Waals surface area contributed by atoms with Crippen LogP contribution in [0.1, 0.15) is 23.4 Å². The number of hydrogen-bond acceptors (Lipinski definition) is 3. The highest BCUT2D eigenvalue weighted by Gasteiger charge is 2.05. The van der Waals surface area contributed by atoms with Crippen molar-refractivity contribution < 1.29 is 0 Å². The van der Waals surface area contributed by atoms with E-state index >= 15 is 0 Å². The Morgan fingerprint density at radius 2 is 2.06 bits per heavy atom. The minimum atomic E-state index is 0.455. The third-order valence-corrected chi connectivity index (χ3v) is 2.82. The largest absolute Gasteiger partial charge is 0.241 e. The maximum absolute atomic E-state index is 8.58. The summed E-state index contributed by atoms with van der Waals surface area (Å²) in [6.07, 6.45) is 2.82. The summed E-state index contributed by atoms with van der Waals surface area (Å²) in [5.41, 5.74) is 4.51. The van der Waals surface area contributed by atoms with Crippen LogP contribution in [0.2, 0.25) is 0 Å². The van der Waals surface area contributed by atoms with Gasteiger partial charge in [-0.3, -0.25) is 0 Å². The molecule has 1 aromatic carbocycles. The van der Waals surface area contributed by atoms with E-state index in [1.54, 1.807) is 6.20 Å². The summed E-state index contributed by atoms with van der Waals surface area (Å²) in [4.78, 5) is 8.70. The smallest absolute Gasteiger partial charge is 0.129 e. The van der Waals surface area contributed by atoms with Gasteiger partial charge < -0.3 is 0 Å². The van der Waals surface area contributed by atoms with Crippen molar-refractivity contribution in [2.45, 2.75) is 26.7 Å². The molecule has 0 saturated heterocycles. The summed E-state index contributed by atoms with van der Waals surface area (Å²) in [6.45, 7) is 4.16. The highest BCUT2D eigenvalue weighted by molar-refractivity contribution is 5.63. The number of nitriles is 1. The number of benzene rings is 1. The molecule has 0 fully saturated rings. The monoisotopic (exact) mass is 237 g/mol. The lowest BCUT2D eigenvalue weighted by molar-refractivity contribution is 0.887. The van der Waals surface area contributed by atoms with Gasteiger partial charge >= 0.3 is 0 Å². The molecule has 3 heteroatoms. The fourth-order valence-electron chi connectivity index (χ4n) is 1.94. The summed E-state index contributed by atoms with van der Waals surface area (Å²) in [6, 6.07) is 10.3. The average Bonchev–Trinajstić information content (AvgIpc) is 2.36. The second-order valence-electron chi connectivity index (χ2n) is 4.33. The van der Waals surface area contributed by atoms with Crippen molar-refractivity contribution in [3.8, 4) is 17.3 Å². The lowest BCUT2D eigenvalue weighted by Gasteiger charge is -2.07. The molecule has 0 amide bonds. The molecule has 0 unspecified atom stereocenters. The van der Waals surface area contributed by atoms with Crippen LogP contribution in [0.15, 0.2) is 30.5 Å². The number of aromatic nitrogens is 2. The van der Waals surface area contributed by atoms with Gasteiger partial charge in [-0.1, -0.05) is 23.8 Å². The second kappa shape index (κ2) is 5.42. The third-order valence-electron chi connectivity index (χ3n) is 2.82. The van der Waals surface area contributed by atoms with Crippen molar-refractivity contribution >= 4 is 0 Å². The molecule has 0 N–H and O–H groups in total. The van der Waals surface area contributed by atoms with Gasteiger partial charge in [0.05, 0.1) is 11.8 Å². The Morgan fingerprint density at radius 1 is 1.22 bits per heavy atom. The highest BCUT2D eigenvalue weighted by atomic mass is 14.9. The molecule has 0 atom stereocenters. The van der Waals surface area contributed by atoms with E-state index in [-0.39, 0.29) is 0 Å². The van der Waals surface area contributed by atoms with Crippen LogP contribution in [0.3, 0.4) is 0 Å². The van der Waals surface area contributed by atoms with Crippen LogP contribution in [-0.4, -0.2) is 9.97 Å². The zero-order valence-electron chi connectivity index (χ0n) is 10.6. The number of rotatable bonds is 3. The Bertz CT molecular complexity index is 597. The van der Waals surface area contributed by atoms with Gasteiger partial charge in [-0.2, -0.15) is 5.26 Å². The Kier molecular flexibility index (Phi) is 3.69. The molecule has 3 nitrogen and oxygen atoms in total. The molecule has 0 aliphatic rings. The summed E-state index contributed by atoms with van der Waals surface area (Å²) in [5, 5.41) is 8.58. The van der Waals surface area contributed by atoms with Crippen LogP contribution in [0.25, 0.3) is 11.3 Å². The molecule has 1 heterocycles. The Balaban J connectivity index is 2.36. The molecule has 0 radical (unpaired) electrons. The van der Waals surface area contributed by atoms with E-state index in [9.17, 15) is 0 Å². The summed E-state index contributed by atoms with van der Waals surface area (Å²) >= 11 is 0. The van der Waals surface area contributed by atoms with Gasteiger partial charge in [0, 0.05) is 24.6 Å².